The van der Waals surface area contributed by atoms with Crippen molar-refractivity contribution in [2.75, 3.05) is 23.4 Å². The highest BCUT2D eigenvalue weighted by Gasteiger charge is 2.16. The van der Waals surface area contributed by atoms with Crippen molar-refractivity contribution in [1.82, 2.24) is 0 Å². The van der Waals surface area contributed by atoms with E-state index < -0.39 is 0 Å². The maximum absolute atomic E-state index is 10.9. The van der Waals surface area contributed by atoms with E-state index >= 15 is 0 Å². The lowest BCUT2D eigenvalue weighted by molar-refractivity contribution is -0.118. The zero-order chi connectivity index (χ0) is 9.42. The summed E-state index contributed by atoms with van der Waals surface area (Å²) in [5, 5.41) is 2.63. The summed E-state index contributed by atoms with van der Waals surface area (Å²) in [6.45, 7) is 0.0242. The minimum atomic E-state index is -0.184. The number of benzene rings is 1. The van der Waals surface area contributed by atoms with Gasteiger partial charge in [0.2, 0.25) is 0 Å². The first kappa shape index (κ1) is 7.72. The molecule has 1 heterocycles. The van der Waals surface area contributed by atoms with Gasteiger partial charge < -0.3 is 21.5 Å². The summed E-state index contributed by atoms with van der Waals surface area (Å²) in [7, 11) is 0. The van der Waals surface area contributed by atoms with E-state index in [0.717, 1.165) is 0 Å². The topological polar surface area (TPSA) is 90.4 Å². The Morgan fingerprint density at radius 2 is 2.00 bits per heavy atom. The Kier molecular flexibility index (Phi) is 1.51. The molecule has 1 aliphatic rings. The monoisotopic (exact) mass is 179 g/mol. The van der Waals surface area contributed by atoms with E-state index in [1.165, 1.54) is 0 Å². The first-order valence-electron chi connectivity index (χ1n) is 3.78. The van der Waals surface area contributed by atoms with Crippen molar-refractivity contribution in [3.8, 4) is 5.75 Å². The van der Waals surface area contributed by atoms with Crippen molar-refractivity contribution in [2.24, 2.45) is 0 Å². The maximum atomic E-state index is 10.9. The molecule has 13 heavy (non-hydrogen) atoms. The second-order valence-corrected chi connectivity index (χ2v) is 2.81. The fourth-order valence-corrected chi connectivity index (χ4v) is 1.16. The Labute approximate surface area is 74.7 Å². The van der Waals surface area contributed by atoms with Crippen LogP contribution in [0.5, 0.6) is 5.75 Å². The van der Waals surface area contributed by atoms with E-state index in [9.17, 15) is 4.79 Å². The highest BCUT2D eigenvalue weighted by Crippen LogP contribution is 2.33. The Bertz CT molecular complexity index is 376. The van der Waals surface area contributed by atoms with Gasteiger partial charge in [-0.05, 0) is 6.07 Å². The number of nitrogens with two attached hydrogens (primary N) is 2. The first-order chi connectivity index (χ1) is 6.16. The molecule has 68 valence electrons. The van der Waals surface area contributed by atoms with Gasteiger partial charge in [-0.25, -0.2) is 0 Å². The molecule has 1 aromatic rings. The number of rotatable bonds is 0. The Balaban J connectivity index is 2.49. The van der Waals surface area contributed by atoms with Crippen LogP contribution in [0.1, 0.15) is 0 Å². The highest BCUT2D eigenvalue weighted by atomic mass is 16.5. The van der Waals surface area contributed by atoms with Gasteiger partial charge in [-0.3, -0.25) is 4.79 Å². The van der Waals surface area contributed by atoms with Crippen LogP contribution in [0.2, 0.25) is 0 Å². The quantitative estimate of drug-likeness (QED) is 0.495. The van der Waals surface area contributed by atoms with Gasteiger partial charge in [0.1, 0.15) is 5.75 Å². The number of fused-ring (bicyclic) bond motifs is 1. The van der Waals surface area contributed by atoms with Gasteiger partial charge in [-0.1, -0.05) is 0 Å². The van der Waals surface area contributed by atoms with E-state index in [1.54, 1.807) is 12.1 Å². The van der Waals surface area contributed by atoms with Crippen LogP contribution < -0.4 is 21.5 Å². The van der Waals surface area contributed by atoms with Gasteiger partial charge in [-0.15, -0.1) is 0 Å². The number of carbonyl (C=O) groups excluding carboxylic acids is 1. The molecule has 0 saturated heterocycles. The molecule has 5 N–H and O–H groups in total. The number of nitrogen functional groups attached to an aromatic ring is 2. The van der Waals surface area contributed by atoms with Gasteiger partial charge >= 0.3 is 0 Å². The normalized spacial score (nSPS) is 14.3. The molecular weight excluding hydrogens is 170 g/mol. The molecule has 0 aliphatic carbocycles. The first-order valence-corrected chi connectivity index (χ1v) is 3.78. The number of hydrogen-bond donors (Lipinski definition) is 3. The molecule has 0 aromatic heterocycles. The average molecular weight is 179 g/mol. The molecule has 0 bridgehead atoms. The zero-order valence-electron chi connectivity index (χ0n) is 6.83. The van der Waals surface area contributed by atoms with Gasteiger partial charge in [0.15, 0.2) is 6.61 Å². The van der Waals surface area contributed by atoms with Crippen LogP contribution in [0, 0.1) is 0 Å². The van der Waals surface area contributed by atoms with Crippen molar-refractivity contribution < 1.29 is 9.53 Å². The second kappa shape index (κ2) is 2.55. The number of ether oxygens (including phenoxy) is 1. The average Bonchev–Trinajstić information content (AvgIpc) is 2.08. The fourth-order valence-electron chi connectivity index (χ4n) is 1.16. The molecule has 5 heteroatoms. The molecule has 0 atom stereocenters. The molecule has 1 aromatic carbocycles. The van der Waals surface area contributed by atoms with Crippen LogP contribution >= 0.6 is 0 Å². The van der Waals surface area contributed by atoms with Crippen LogP contribution in [0.3, 0.4) is 0 Å². The third kappa shape index (κ3) is 1.24. The molecule has 1 amide bonds. The van der Waals surface area contributed by atoms with Crippen LogP contribution in [0.15, 0.2) is 12.1 Å². The van der Waals surface area contributed by atoms with Crippen molar-refractivity contribution >= 4 is 23.0 Å². The smallest absolute Gasteiger partial charge is 0.262 e. The van der Waals surface area contributed by atoms with Gasteiger partial charge in [-0.2, -0.15) is 0 Å². The minimum absolute atomic E-state index is 0.0242. The lowest BCUT2D eigenvalue weighted by Gasteiger charge is -2.18. The van der Waals surface area contributed by atoms with E-state index in [2.05, 4.69) is 5.32 Å². The third-order valence-electron chi connectivity index (χ3n) is 1.82. The van der Waals surface area contributed by atoms with Crippen molar-refractivity contribution in [2.45, 2.75) is 0 Å². The van der Waals surface area contributed by atoms with E-state index in [4.69, 9.17) is 16.2 Å². The lowest BCUT2D eigenvalue weighted by atomic mass is 10.2. The summed E-state index contributed by atoms with van der Waals surface area (Å²) < 4.78 is 5.12. The predicted molar refractivity (Wildman–Crippen MR) is 49.4 cm³/mol. The van der Waals surface area contributed by atoms with Gasteiger partial charge in [0.05, 0.1) is 17.1 Å². The van der Waals surface area contributed by atoms with E-state index in [0.29, 0.717) is 22.8 Å². The van der Waals surface area contributed by atoms with Crippen LogP contribution in [0.4, 0.5) is 17.1 Å². The SMILES string of the molecule is Nc1cc2c(cc1N)OCC(=O)N2. The number of amides is 1. The summed E-state index contributed by atoms with van der Waals surface area (Å²) in [6.07, 6.45) is 0. The molecule has 0 radical (unpaired) electrons. The molecule has 0 spiro atoms. The van der Waals surface area contributed by atoms with Gasteiger partial charge in [0, 0.05) is 6.07 Å². The molecule has 1 aliphatic heterocycles. The summed E-state index contributed by atoms with van der Waals surface area (Å²) in [5.41, 5.74) is 12.6. The van der Waals surface area contributed by atoms with E-state index in [1.807, 2.05) is 0 Å². The Morgan fingerprint density at radius 1 is 1.31 bits per heavy atom. The van der Waals surface area contributed by atoms with Crippen molar-refractivity contribution in [3.63, 3.8) is 0 Å². The van der Waals surface area contributed by atoms with Crippen molar-refractivity contribution in [3.05, 3.63) is 12.1 Å². The molecule has 0 fully saturated rings. The van der Waals surface area contributed by atoms with E-state index in [-0.39, 0.29) is 12.5 Å². The number of carbonyl (C=O) groups is 1. The Hall–Kier alpha value is -1.91. The van der Waals surface area contributed by atoms with Crippen LogP contribution in [0.25, 0.3) is 0 Å². The third-order valence-corrected chi connectivity index (χ3v) is 1.82. The number of hydrogen-bond acceptors (Lipinski definition) is 4. The molecular formula is C8H9N3O2. The Morgan fingerprint density at radius 3 is 2.77 bits per heavy atom. The maximum Gasteiger partial charge on any atom is 0.262 e. The van der Waals surface area contributed by atoms with Crippen molar-refractivity contribution in [1.29, 1.82) is 0 Å². The second-order valence-electron chi connectivity index (χ2n) is 2.81. The fraction of sp³-hybridized carbons (Fsp3) is 0.125. The molecule has 2 rings (SSSR count). The molecule has 5 nitrogen and oxygen atoms in total. The predicted octanol–water partition coefficient (Wildman–Crippen LogP) is 0.182. The summed E-state index contributed by atoms with van der Waals surface area (Å²) in [5.74, 6) is 0.378. The van der Waals surface area contributed by atoms with Gasteiger partial charge in [0.25, 0.3) is 5.91 Å². The lowest BCUT2D eigenvalue weighted by Crippen LogP contribution is -2.25. The molecule has 0 unspecified atom stereocenters. The largest absolute Gasteiger partial charge is 0.482 e. The zero-order valence-corrected chi connectivity index (χ0v) is 6.83. The summed E-state index contributed by atoms with van der Waals surface area (Å²) >= 11 is 0. The number of nitrogens with one attached hydrogen (secondary N) is 1. The number of anilines is 3. The standard InChI is InChI=1S/C8H9N3O2/c9-4-1-6-7(2-5(4)10)13-3-8(12)11-6/h1-2H,3,9-10H2,(H,11,12). The van der Waals surface area contributed by atoms with Crippen LogP contribution in [-0.4, -0.2) is 12.5 Å². The highest BCUT2D eigenvalue weighted by molar-refractivity contribution is 5.96. The minimum Gasteiger partial charge on any atom is -0.482 e. The molecule has 0 saturated carbocycles. The summed E-state index contributed by atoms with van der Waals surface area (Å²) in [4.78, 5) is 10.9. The van der Waals surface area contributed by atoms with Crippen LogP contribution in [-0.2, 0) is 4.79 Å². The summed E-state index contributed by atoms with van der Waals surface area (Å²) in [6, 6.07) is 3.19.